The van der Waals surface area contributed by atoms with Crippen LogP contribution in [0.15, 0.2) is 52.4 Å². The molecule has 0 bridgehead atoms. The molecule has 2 aromatic heterocycles. The van der Waals surface area contributed by atoms with Gasteiger partial charge in [-0.25, -0.2) is 0 Å². The number of benzene rings is 2. The molecule has 8 heteroatoms. The second-order valence-electron chi connectivity index (χ2n) is 9.60. The van der Waals surface area contributed by atoms with Crippen molar-refractivity contribution in [2.24, 2.45) is 0 Å². The van der Waals surface area contributed by atoms with E-state index in [0.717, 1.165) is 23.3 Å². The fourth-order valence-corrected chi connectivity index (χ4v) is 4.78. The number of aryl methyl sites for hydroxylation is 2. The third kappa shape index (κ3) is 4.83. The molecule has 2 aromatic carbocycles. The van der Waals surface area contributed by atoms with Gasteiger partial charge in [0.25, 0.3) is 5.56 Å². The summed E-state index contributed by atoms with van der Waals surface area (Å²) in [4.78, 5) is 12.9. The van der Waals surface area contributed by atoms with E-state index in [2.05, 4.69) is 43.1 Å². The molecule has 1 N–H and O–H groups in total. The molecule has 0 radical (unpaired) electrons. The van der Waals surface area contributed by atoms with Gasteiger partial charge in [-0.3, -0.25) is 13.8 Å². The lowest BCUT2D eigenvalue weighted by Gasteiger charge is -2.21. The first-order chi connectivity index (χ1) is 16.2. The zero-order chi connectivity index (χ0) is 24.5. The average molecular weight is 481 g/mol. The molecule has 1 atom stereocenters. The summed E-state index contributed by atoms with van der Waals surface area (Å²) >= 11 is 1.40. The van der Waals surface area contributed by atoms with E-state index in [1.54, 1.807) is 4.57 Å². The van der Waals surface area contributed by atoms with E-state index in [4.69, 9.17) is 4.74 Å². The third-order valence-corrected chi connectivity index (χ3v) is 6.88. The van der Waals surface area contributed by atoms with Crippen LogP contribution in [-0.2, 0) is 12.0 Å². The van der Waals surface area contributed by atoms with Crippen molar-refractivity contribution in [3.05, 3.63) is 63.9 Å². The molecule has 0 spiro atoms. The van der Waals surface area contributed by atoms with Crippen LogP contribution >= 0.6 is 11.8 Å². The number of aliphatic hydroxyl groups is 1. The van der Waals surface area contributed by atoms with Crippen molar-refractivity contribution in [1.29, 1.82) is 0 Å². The van der Waals surface area contributed by atoms with Crippen LogP contribution in [0, 0.1) is 6.92 Å². The Morgan fingerprint density at radius 1 is 1.15 bits per heavy atom. The third-order valence-electron chi connectivity index (χ3n) is 5.80. The zero-order valence-corrected chi connectivity index (χ0v) is 21.2. The molecule has 1 unspecified atom stereocenters. The predicted molar refractivity (Wildman–Crippen MR) is 137 cm³/mol. The fraction of sp³-hybridized carbons (Fsp3) is 0.423. The van der Waals surface area contributed by atoms with Gasteiger partial charge in [-0.1, -0.05) is 63.7 Å². The molecule has 0 aliphatic carbocycles. The molecule has 4 rings (SSSR count). The number of fused-ring (bicyclic) bond motifs is 3. The van der Waals surface area contributed by atoms with Crippen LogP contribution in [0.3, 0.4) is 0 Å². The van der Waals surface area contributed by atoms with Crippen LogP contribution in [0.1, 0.15) is 45.2 Å². The summed E-state index contributed by atoms with van der Waals surface area (Å²) in [5.41, 5.74) is 3.09. The Kier molecular flexibility index (Phi) is 7.00. The minimum absolute atomic E-state index is 0.0600. The Balaban J connectivity index is 1.50. The largest absolute Gasteiger partial charge is 0.491 e. The molecule has 0 saturated carbocycles. The number of aliphatic hydroxyl groups excluding tert-OH is 1. The van der Waals surface area contributed by atoms with E-state index in [1.807, 2.05) is 48.6 Å². The van der Waals surface area contributed by atoms with Crippen LogP contribution in [0.4, 0.5) is 0 Å². The summed E-state index contributed by atoms with van der Waals surface area (Å²) in [6.07, 6.45) is 0.127. The maximum atomic E-state index is 12.9. The van der Waals surface area contributed by atoms with Gasteiger partial charge in [0.15, 0.2) is 5.16 Å². The van der Waals surface area contributed by atoms with E-state index in [9.17, 15) is 9.90 Å². The topological polar surface area (TPSA) is 81.7 Å². The van der Waals surface area contributed by atoms with E-state index in [1.165, 1.54) is 17.3 Å². The quantitative estimate of drug-likeness (QED) is 0.372. The lowest BCUT2D eigenvalue weighted by Crippen LogP contribution is -2.23. The summed E-state index contributed by atoms with van der Waals surface area (Å²) in [6, 6.07) is 13.7. The summed E-state index contributed by atoms with van der Waals surface area (Å²) in [7, 11) is 0. The van der Waals surface area contributed by atoms with Crippen molar-refractivity contribution in [3.63, 3.8) is 0 Å². The van der Waals surface area contributed by atoms with Crippen LogP contribution in [0.2, 0.25) is 0 Å². The normalized spacial score (nSPS) is 13.0. The standard InChI is InChI=1S/C26H32N4O3S/c1-6-13-29-23(32)20-9-7-8-10-21(20)30-24(29)27-28-25(30)34-16-19(31)15-33-22-12-11-18(14-17(22)2)26(3,4)5/h7-12,14,19,31H,6,13,15-16H2,1-5H3. The van der Waals surface area contributed by atoms with Gasteiger partial charge in [-0.2, -0.15) is 0 Å². The lowest BCUT2D eigenvalue weighted by atomic mass is 9.86. The highest BCUT2D eigenvalue weighted by molar-refractivity contribution is 7.99. The van der Waals surface area contributed by atoms with Gasteiger partial charge in [0.1, 0.15) is 12.4 Å². The molecule has 0 amide bonds. The summed E-state index contributed by atoms with van der Waals surface area (Å²) < 4.78 is 9.48. The smallest absolute Gasteiger partial charge is 0.262 e. The average Bonchev–Trinajstić information content (AvgIpc) is 3.23. The number of nitrogens with zero attached hydrogens (tertiary/aromatic N) is 4. The Hall–Kier alpha value is -2.84. The first-order valence-electron chi connectivity index (χ1n) is 11.6. The SMILES string of the molecule is CCCn1c(=O)c2ccccc2n2c(SCC(O)COc3ccc(C(C)(C)C)cc3C)nnc12. The first-order valence-corrected chi connectivity index (χ1v) is 12.6. The van der Waals surface area contributed by atoms with Crippen LogP contribution in [-0.4, -0.2) is 42.7 Å². The summed E-state index contributed by atoms with van der Waals surface area (Å²) in [5.74, 6) is 1.69. The van der Waals surface area contributed by atoms with Crippen LogP contribution in [0.5, 0.6) is 5.75 Å². The number of ether oxygens (including phenoxy) is 1. The minimum atomic E-state index is -0.688. The number of para-hydroxylation sites is 1. The van der Waals surface area contributed by atoms with Crippen molar-refractivity contribution in [1.82, 2.24) is 19.2 Å². The minimum Gasteiger partial charge on any atom is -0.491 e. The maximum Gasteiger partial charge on any atom is 0.262 e. The molecule has 34 heavy (non-hydrogen) atoms. The Labute approximate surface area is 203 Å². The zero-order valence-electron chi connectivity index (χ0n) is 20.4. The van der Waals surface area contributed by atoms with Crippen molar-refractivity contribution in [3.8, 4) is 5.75 Å². The molecule has 0 saturated heterocycles. The first kappa shape index (κ1) is 24.3. The molecule has 2 heterocycles. The van der Waals surface area contributed by atoms with Gasteiger partial charge in [0.05, 0.1) is 17.0 Å². The van der Waals surface area contributed by atoms with Crippen molar-refractivity contribution >= 4 is 28.4 Å². The van der Waals surface area contributed by atoms with Crippen LogP contribution in [0.25, 0.3) is 16.7 Å². The Morgan fingerprint density at radius 2 is 1.91 bits per heavy atom. The van der Waals surface area contributed by atoms with Crippen molar-refractivity contribution in [2.45, 2.75) is 64.3 Å². The van der Waals surface area contributed by atoms with Crippen LogP contribution < -0.4 is 10.3 Å². The second kappa shape index (κ2) is 9.80. The van der Waals surface area contributed by atoms with Gasteiger partial charge >= 0.3 is 0 Å². The summed E-state index contributed by atoms with van der Waals surface area (Å²) in [5, 5.41) is 20.5. The molecule has 0 fully saturated rings. The maximum absolute atomic E-state index is 12.9. The molecule has 180 valence electrons. The van der Waals surface area contributed by atoms with E-state index >= 15 is 0 Å². The van der Waals surface area contributed by atoms with Gasteiger partial charge in [-0.15, -0.1) is 10.2 Å². The second-order valence-corrected chi connectivity index (χ2v) is 10.6. The van der Waals surface area contributed by atoms with Crippen molar-refractivity contribution < 1.29 is 9.84 Å². The monoisotopic (exact) mass is 480 g/mol. The highest BCUT2D eigenvalue weighted by Crippen LogP contribution is 2.28. The molecular weight excluding hydrogens is 448 g/mol. The van der Waals surface area contributed by atoms with E-state index < -0.39 is 6.10 Å². The number of hydrogen-bond acceptors (Lipinski definition) is 6. The lowest BCUT2D eigenvalue weighted by molar-refractivity contribution is 0.126. The molecule has 0 aliphatic heterocycles. The van der Waals surface area contributed by atoms with Crippen molar-refractivity contribution in [2.75, 3.05) is 12.4 Å². The molecule has 4 aromatic rings. The predicted octanol–water partition coefficient (Wildman–Crippen LogP) is 4.59. The van der Waals surface area contributed by atoms with Gasteiger partial charge < -0.3 is 9.84 Å². The van der Waals surface area contributed by atoms with Gasteiger partial charge in [0.2, 0.25) is 5.78 Å². The molecular formula is C26H32N4O3S. The highest BCUT2D eigenvalue weighted by Gasteiger charge is 2.18. The number of rotatable bonds is 8. The number of thioether (sulfide) groups is 1. The molecule has 0 aliphatic rings. The molecule has 7 nitrogen and oxygen atoms in total. The fourth-order valence-electron chi connectivity index (χ4n) is 3.93. The van der Waals surface area contributed by atoms with Gasteiger partial charge in [0, 0.05) is 12.3 Å². The Bertz CT molecular complexity index is 1370. The highest BCUT2D eigenvalue weighted by atomic mass is 32.2. The van der Waals surface area contributed by atoms with Gasteiger partial charge in [-0.05, 0) is 48.1 Å². The Morgan fingerprint density at radius 3 is 2.62 bits per heavy atom. The number of hydrogen-bond donors (Lipinski definition) is 1. The number of aromatic nitrogens is 4. The summed E-state index contributed by atoms with van der Waals surface area (Å²) in [6.45, 7) is 11.3. The van der Waals surface area contributed by atoms with E-state index in [-0.39, 0.29) is 17.6 Å². The van der Waals surface area contributed by atoms with E-state index in [0.29, 0.717) is 28.6 Å².